The van der Waals surface area contributed by atoms with E-state index >= 15 is 0 Å². The highest BCUT2D eigenvalue weighted by Crippen LogP contribution is 2.28. The van der Waals surface area contributed by atoms with E-state index in [-0.39, 0.29) is 17.7 Å². The van der Waals surface area contributed by atoms with Gasteiger partial charge in [-0.2, -0.15) is 0 Å². The summed E-state index contributed by atoms with van der Waals surface area (Å²) < 4.78 is 25.2. The monoisotopic (exact) mass is 374 g/mol. The summed E-state index contributed by atoms with van der Waals surface area (Å²) in [4.78, 5) is 14.4. The van der Waals surface area contributed by atoms with Crippen LogP contribution in [0.4, 0.5) is 0 Å². The molecule has 3 rings (SSSR count). The molecule has 7 heteroatoms. The second-order valence-electron chi connectivity index (χ2n) is 6.55. The van der Waals surface area contributed by atoms with E-state index in [0.717, 1.165) is 17.4 Å². The van der Waals surface area contributed by atoms with E-state index in [1.165, 1.54) is 0 Å². The molecule has 0 atom stereocenters. The summed E-state index contributed by atoms with van der Waals surface area (Å²) in [5.41, 5.74) is 2.15. The Kier molecular flexibility index (Phi) is 5.29. The number of aromatic hydroxyl groups is 1. The molecule has 1 saturated heterocycles. The van der Waals surface area contributed by atoms with Crippen molar-refractivity contribution in [2.75, 3.05) is 19.3 Å². The van der Waals surface area contributed by atoms with Crippen molar-refractivity contribution in [3.63, 3.8) is 0 Å². The number of hydrogen-bond acceptors (Lipinski definition) is 4. The van der Waals surface area contributed by atoms with Crippen LogP contribution < -0.4 is 4.72 Å². The predicted octanol–water partition coefficient (Wildman–Crippen LogP) is 2.21. The number of nitrogens with zero attached hydrogens (tertiary/aromatic N) is 1. The molecule has 1 amide bonds. The van der Waals surface area contributed by atoms with Crippen LogP contribution in [0.2, 0.25) is 0 Å². The van der Waals surface area contributed by atoms with Gasteiger partial charge in [-0.05, 0) is 36.6 Å². The van der Waals surface area contributed by atoms with Gasteiger partial charge in [-0.1, -0.05) is 30.3 Å². The van der Waals surface area contributed by atoms with Gasteiger partial charge in [0.2, 0.25) is 10.0 Å². The van der Waals surface area contributed by atoms with Crippen LogP contribution in [0.25, 0.3) is 11.1 Å². The maximum atomic E-state index is 12.6. The van der Waals surface area contributed by atoms with Crippen LogP contribution in [-0.2, 0) is 10.0 Å². The fourth-order valence-electron chi connectivity index (χ4n) is 3.20. The number of rotatable bonds is 4. The summed E-state index contributed by atoms with van der Waals surface area (Å²) in [7, 11) is -3.22. The molecule has 6 nitrogen and oxygen atoms in total. The Labute approximate surface area is 153 Å². The van der Waals surface area contributed by atoms with E-state index in [1.807, 2.05) is 24.3 Å². The maximum Gasteiger partial charge on any atom is 0.253 e. The summed E-state index contributed by atoms with van der Waals surface area (Å²) in [6.45, 7) is 1.04. The van der Waals surface area contributed by atoms with Gasteiger partial charge in [0, 0.05) is 30.3 Å². The highest BCUT2D eigenvalue weighted by Gasteiger charge is 2.25. The average molecular weight is 374 g/mol. The molecule has 26 heavy (non-hydrogen) atoms. The number of likely N-dealkylation sites (tertiary alicyclic amines) is 1. The van der Waals surface area contributed by atoms with Crippen LogP contribution >= 0.6 is 0 Å². The molecule has 0 saturated carbocycles. The zero-order valence-corrected chi connectivity index (χ0v) is 15.4. The van der Waals surface area contributed by atoms with Gasteiger partial charge in [-0.3, -0.25) is 4.79 Å². The molecule has 0 radical (unpaired) electrons. The van der Waals surface area contributed by atoms with Crippen LogP contribution in [0.1, 0.15) is 23.2 Å². The minimum absolute atomic E-state index is 0.0633. The lowest BCUT2D eigenvalue weighted by Crippen LogP contribution is -2.46. The molecule has 2 aromatic carbocycles. The van der Waals surface area contributed by atoms with Crippen LogP contribution in [0.15, 0.2) is 48.5 Å². The SMILES string of the molecule is CS(=O)(=O)NC1CCN(C(=O)c2ccc(-c3ccccc3O)cc2)CC1. The average Bonchev–Trinajstić information content (AvgIpc) is 2.61. The molecule has 1 aliphatic heterocycles. The molecule has 0 spiro atoms. The van der Waals surface area contributed by atoms with Gasteiger partial charge in [-0.25, -0.2) is 13.1 Å². The van der Waals surface area contributed by atoms with Gasteiger partial charge in [-0.15, -0.1) is 0 Å². The normalized spacial score (nSPS) is 15.8. The lowest BCUT2D eigenvalue weighted by Gasteiger charge is -2.32. The van der Waals surface area contributed by atoms with Gasteiger partial charge >= 0.3 is 0 Å². The first-order valence-corrected chi connectivity index (χ1v) is 10.4. The fraction of sp³-hybridized carbons (Fsp3) is 0.316. The molecule has 1 fully saturated rings. The van der Waals surface area contributed by atoms with Crippen molar-refractivity contribution in [2.45, 2.75) is 18.9 Å². The number of benzene rings is 2. The van der Waals surface area contributed by atoms with Crippen LogP contribution in [-0.4, -0.2) is 49.7 Å². The topological polar surface area (TPSA) is 86.7 Å². The molecule has 138 valence electrons. The Morgan fingerprint density at radius 3 is 2.27 bits per heavy atom. The van der Waals surface area contributed by atoms with Gasteiger partial charge in [0.1, 0.15) is 5.75 Å². The van der Waals surface area contributed by atoms with Crippen molar-refractivity contribution in [3.05, 3.63) is 54.1 Å². The van der Waals surface area contributed by atoms with Gasteiger partial charge in [0.25, 0.3) is 5.91 Å². The molecule has 1 aliphatic rings. The van der Waals surface area contributed by atoms with Crippen LogP contribution in [0.5, 0.6) is 5.75 Å². The number of sulfonamides is 1. The Hall–Kier alpha value is -2.38. The molecular weight excluding hydrogens is 352 g/mol. The molecule has 0 aliphatic carbocycles. The number of carbonyl (C=O) groups excluding carboxylic acids is 1. The third-order valence-electron chi connectivity index (χ3n) is 4.51. The van der Waals surface area contributed by atoms with Gasteiger partial charge in [0.05, 0.1) is 6.26 Å². The number of carbonyl (C=O) groups is 1. The minimum atomic E-state index is -3.22. The highest BCUT2D eigenvalue weighted by atomic mass is 32.2. The second kappa shape index (κ2) is 7.47. The highest BCUT2D eigenvalue weighted by molar-refractivity contribution is 7.88. The van der Waals surface area contributed by atoms with Crippen molar-refractivity contribution in [3.8, 4) is 16.9 Å². The fourth-order valence-corrected chi connectivity index (χ4v) is 4.04. The Morgan fingerprint density at radius 2 is 1.69 bits per heavy atom. The van der Waals surface area contributed by atoms with E-state index in [2.05, 4.69) is 4.72 Å². The van der Waals surface area contributed by atoms with Gasteiger partial charge in [0.15, 0.2) is 0 Å². The third-order valence-corrected chi connectivity index (χ3v) is 5.27. The number of para-hydroxylation sites is 1. The quantitative estimate of drug-likeness (QED) is 0.859. The molecule has 0 aromatic heterocycles. The lowest BCUT2D eigenvalue weighted by atomic mass is 10.0. The summed E-state index contributed by atoms with van der Waals surface area (Å²) in [5.74, 6) is 0.138. The van der Waals surface area contributed by atoms with Crippen molar-refractivity contribution in [1.29, 1.82) is 0 Å². The number of nitrogens with one attached hydrogen (secondary N) is 1. The minimum Gasteiger partial charge on any atom is -0.507 e. The lowest BCUT2D eigenvalue weighted by molar-refractivity contribution is 0.0711. The van der Waals surface area contributed by atoms with Crippen LogP contribution in [0.3, 0.4) is 0 Å². The number of hydrogen-bond donors (Lipinski definition) is 2. The van der Waals surface area contributed by atoms with Crippen molar-refractivity contribution in [2.24, 2.45) is 0 Å². The molecule has 0 bridgehead atoms. The van der Waals surface area contributed by atoms with Crippen LogP contribution in [0, 0.1) is 0 Å². The standard InChI is InChI=1S/C19H22N2O4S/c1-26(24,25)20-16-10-12-21(13-11-16)19(23)15-8-6-14(7-9-15)17-4-2-3-5-18(17)22/h2-9,16,20,22H,10-13H2,1H3. The Bertz CT molecular complexity index is 886. The van der Waals surface area contributed by atoms with E-state index in [4.69, 9.17) is 0 Å². The predicted molar refractivity (Wildman–Crippen MR) is 100 cm³/mol. The van der Waals surface area contributed by atoms with Gasteiger partial charge < -0.3 is 10.0 Å². The van der Waals surface area contributed by atoms with E-state index in [1.54, 1.807) is 29.2 Å². The Morgan fingerprint density at radius 1 is 1.08 bits per heavy atom. The number of phenolic OH excluding ortho intramolecular Hbond substituents is 1. The number of phenols is 1. The summed E-state index contributed by atoms with van der Waals surface area (Å²) >= 11 is 0. The first kappa shape index (κ1) is 18.4. The third kappa shape index (κ3) is 4.42. The van der Waals surface area contributed by atoms with Crippen molar-refractivity contribution < 1.29 is 18.3 Å². The molecule has 0 unspecified atom stereocenters. The van der Waals surface area contributed by atoms with Crippen molar-refractivity contribution >= 4 is 15.9 Å². The second-order valence-corrected chi connectivity index (χ2v) is 8.33. The Balaban J connectivity index is 1.65. The van der Waals surface area contributed by atoms with Crippen molar-refractivity contribution in [1.82, 2.24) is 9.62 Å². The summed E-state index contributed by atoms with van der Waals surface area (Å²) in [6.07, 6.45) is 2.36. The van der Waals surface area contributed by atoms with E-state index < -0.39 is 10.0 Å². The molecule has 2 N–H and O–H groups in total. The van der Waals surface area contributed by atoms with E-state index in [0.29, 0.717) is 31.5 Å². The molecule has 1 heterocycles. The smallest absolute Gasteiger partial charge is 0.253 e. The number of amides is 1. The number of piperidine rings is 1. The zero-order chi connectivity index (χ0) is 18.7. The zero-order valence-electron chi connectivity index (χ0n) is 14.6. The summed E-state index contributed by atoms with van der Waals surface area (Å²) in [5, 5.41) is 9.93. The summed E-state index contributed by atoms with van der Waals surface area (Å²) in [6, 6.07) is 14.1. The first-order chi connectivity index (χ1) is 12.3. The first-order valence-electron chi connectivity index (χ1n) is 8.48. The maximum absolute atomic E-state index is 12.6. The molecular formula is C19H22N2O4S. The largest absolute Gasteiger partial charge is 0.507 e. The molecule has 2 aromatic rings. The van der Waals surface area contributed by atoms with E-state index in [9.17, 15) is 18.3 Å².